The van der Waals surface area contributed by atoms with Crippen molar-refractivity contribution in [1.82, 2.24) is 0 Å². The zero-order valence-corrected chi connectivity index (χ0v) is 20.8. The van der Waals surface area contributed by atoms with Crippen molar-refractivity contribution in [3.63, 3.8) is 0 Å². The minimum absolute atomic E-state index is 0.710. The predicted molar refractivity (Wildman–Crippen MR) is 119 cm³/mol. The maximum atomic E-state index is 2.43. The van der Waals surface area contributed by atoms with Crippen LogP contribution in [0.4, 0.5) is 0 Å². The molecule has 0 bridgehead atoms. The van der Waals surface area contributed by atoms with E-state index in [1.54, 1.807) is 27.6 Å². The SMILES string of the molecule is CC1=Cc2ccccc2[CH]1[Hf][CH]1C(C)=C(Pc2ccccc2)c2ccccc21. The van der Waals surface area contributed by atoms with Gasteiger partial charge in [0.05, 0.1) is 0 Å². The quantitative estimate of drug-likeness (QED) is 0.253. The zero-order chi connectivity index (χ0) is 19.1. The standard InChI is InChI=1S/C16H14P.C10H9.Hf/c1-12-11-13-7-5-6-10-15(13)16(12)17-14-8-3-2-4-9-14;1-8-6-9-4-2-3-5-10(9)7-8;/h2-11,17H,1H3;2-7H,1H3;. The fraction of sp³-hybridized carbons (Fsp3) is 0.154. The van der Waals surface area contributed by atoms with Crippen LogP contribution < -0.4 is 5.30 Å². The average Bonchev–Trinajstić information content (AvgIpc) is 3.18. The van der Waals surface area contributed by atoms with E-state index in [9.17, 15) is 0 Å². The number of rotatable bonds is 4. The second-order valence-electron chi connectivity index (χ2n) is 7.69. The summed E-state index contributed by atoms with van der Waals surface area (Å²) in [6.07, 6.45) is 2.43. The maximum absolute atomic E-state index is 2.43. The van der Waals surface area contributed by atoms with E-state index in [1.165, 1.54) is 16.4 Å². The Labute approximate surface area is 180 Å². The van der Waals surface area contributed by atoms with Gasteiger partial charge in [-0.2, -0.15) is 0 Å². The molecule has 0 aliphatic heterocycles. The number of fused-ring (bicyclic) bond motifs is 2. The molecule has 0 radical (unpaired) electrons. The van der Waals surface area contributed by atoms with Crippen LogP contribution in [0.3, 0.4) is 0 Å². The molecule has 0 spiro atoms. The van der Waals surface area contributed by atoms with Gasteiger partial charge in [0, 0.05) is 0 Å². The second kappa shape index (κ2) is 7.69. The first-order valence-corrected chi connectivity index (χ1v) is 15.0. The third-order valence-corrected chi connectivity index (χ3v) is 15.2. The molecule has 0 heterocycles. The molecule has 3 aromatic carbocycles. The molecule has 0 saturated heterocycles. The van der Waals surface area contributed by atoms with Gasteiger partial charge < -0.3 is 0 Å². The summed E-state index contributed by atoms with van der Waals surface area (Å²) in [6, 6.07) is 29.3. The van der Waals surface area contributed by atoms with Gasteiger partial charge in [-0.15, -0.1) is 0 Å². The molecule has 0 nitrogen and oxygen atoms in total. The van der Waals surface area contributed by atoms with Crippen LogP contribution in [-0.2, 0) is 22.9 Å². The number of benzene rings is 3. The van der Waals surface area contributed by atoms with Gasteiger partial charge in [-0.25, -0.2) is 0 Å². The molecular formula is C26H23HfP. The van der Waals surface area contributed by atoms with E-state index in [2.05, 4.69) is 98.8 Å². The molecule has 0 fully saturated rings. The first kappa shape index (κ1) is 18.5. The molecule has 2 aliphatic rings. The van der Waals surface area contributed by atoms with Crippen molar-refractivity contribution < 1.29 is 22.9 Å². The van der Waals surface area contributed by atoms with Crippen molar-refractivity contribution in [3.8, 4) is 0 Å². The van der Waals surface area contributed by atoms with E-state index in [0.29, 0.717) is 3.67 Å². The summed E-state index contributed by atoms with van der Waals surface area (Å²) in [5, 5.41) is 3.05. The summed E-state index contributed by atoms with van der Waals surface area (Å²) in [4.78, 5) is 0. The van der Waals surface area contributed by atoms with E-state index < -0.39 is 22.9 Å². The van der Waals surface area contributed by atoms with E-state index in [1.807, 2.05) is 0 Å². The Morgan fingerprint density at radius 3 is 2.21 bits per heavy atom. The van der Waals surface area contributed by atoms with Crippen LogP contribution in [0.1, 0.15) is 43.5 Å². The minimum atomic E-state index is -1.02. The molecule has 28 heavy (non-hydrogen) atoms. The van der Waals surface area contributed by atoms with Crippen molar-refractivity contribution in [2.24, 2.45) is 0 Å². The first-order chi connectivity index (χ1) is 13.7. The zero-order valence-electron chi connectivity index (χ0n) is 16.2. The van der Waals surface area contributed by atoms with E-state index in [-0.39, 0.29) is 0 Å². The molecule has 3 atom stereocenters. The van der Waals surface area contributed by atoms with Crippen LogP contribution in [0.5, 0.6) is 0 Å². The summed E-state index contributed by atoms with van der Waals surface area (Å²) >= 11 is -1.02. The Balaban J connectivity index is 1.52. The molecule has 0 saturated carbocycles. The molecule has 0 amide bonds. The van der Waals surface area contributed by atoms with Crippen molar-refractivity contribution in [2.45, 2.75) is 21.2 Å². The van der Waals surface area contributed by atoms with Crippen LogP contribution in [0.25, 0.3) is 11.4 Å². The third-order valence-electron chi connectivity index (χ3n) is 5.89. The van der Waals surface area contributed by atoms with Crippen LogP contribution in [0.2, 0.25) is 0 Å². The monoisotopic (exact) mass is 546 g/mol. The van der Waals surface area contributed by atoms with Gasteiger partial charge >= 0.3 is 182 Å². The van der Waals surface area contributed by atoms with Crippen molar-refractivity contribution in [1.29, 1.82) is 0 Å². The molecule has 0 N–H and O–H groups in total. The number of allylic oxidation sites excluding steroid dienone is 2. The molecule has 2 heteroatoms. The molecular weight excluding hydrogens is 522 g/mol. The van der Waals surface area contributed by atoms with Crippen molar-refractivity contribution in [3.05, 3.63) is 112 Å². The fourth-order valence-corrected chi connectivity index (χ4v) is 13.3. The van der Waals surface area contributed by atoms with Gasteiger partial charge in [0.15, 0.2) is 0 Å². The van der Waals surface area contributed by atoms with Gasteiger partial charge in [-0.3, -0.25) is 0 Å². The Morgan fingerprint density at radius 1 is 0.714 bits per heavy atom. The average molecular weight is 545 g/mol. The molecule has 3 aromatic rings. The van der Waals surface area contributed by atoms with Gasteiger partial charge in [-0.1, -0.05) is 0 Å². The van der Waals surface area contributed by atoms with E-state index >= 15 is 0 Å². The summed E-state index contributed by atoms with van der Waals surface area (Å²) in [5.74, 6) is 0. The van der Waals surface area contributed by atoms with Gasteiger partial charge in [0.2, 0.25) is 0 Å². The van der Waals surface area contributed by atoms with Crippen LogP contribution >= 0.6 is 8.58 Å². The van der Waals surface area contributed by atoms with Crippen molar-refractivity contribution in [2.75, 3.05) is 0 Å². The van der Waals surface area contributed by atoms with Crippen molar-refractivity contribution >= 4 is 25.3 Å². The Bertz CT molecular complexity index is 1090. The number of hydrogen-bond donors (Lipinski definition) is 0. The van der Waals surface area contributed by atoms with Crippen LogP contribution in [0.15, 0.2) is 90.0 Å². The fourth-order valence-electron chi connectivity index (χ4n) is 4.48. The molecule has 136 valence electrons. The predicted octanol–water partition coefficient (Wildman–Crippen LogP) is 6.72. The Hall–Kier alpha value is -1.56. The Morgan fingerprint density at radius 2 is 1.39 bits per heavy atom. The normalized spacial score (nSPS) is 20.4. The summed E-state index contributed by atoms with van der Waals surface area (Å²) in [7, 11) is 0.758. The van der Waals surface area contributed by atoms with E-state index in [0.717, 1.165) is 12.3 Å². The third kappa shape index (κ3) is 3.23. The van der Waals surface area contributed by atoms with Crippen LogP contribution in [-0.4, -0.2) is 0 Å². The topological polar surface area (TPSA) is 0 Å². The second-order valence-corrected chi connectivity index (χ2v) is 14.4. The summed E-state index contributed by atoms with van der Waals surface area (Å²) < 4.78 is 1.44. The van der Waals surface area contributed by atoms with Gasteiger partial charge in [0.1, 0.15) is 0 Å². The van der Waals surface area contributed by atoms with E-state index in [4.69, 9.17) is 0 Å². The molecule has 0 aromatic heterocycles. The molecule has 3 unspecified atom stereocenters. The van der Waals surface area contributed by atoms with Crippen LogP contribution in [0, 0.1) is 0 Å². The molecule has 2 aliphatic carbocycles. The van der Waals surface area contributed by atoms with Gasteiger partial charge in [-0.05, 0) is 0 Å². The first-order valence-electron chi connectivity index (χ1n) is 9.87. The summed E-state index contributed by atoms with van der Waals surface area (Å²) in [5.41, 5.74) is 9.42. The van der Waals surface area contributed by atoms with Gasteiger partial charge in [0.25, 0.3) is 0 Å². The Kier molecular flexibility index (Phi) is 5.07. The summed E-state index contributed by atoms with van der Waals surface area (Å²) in [6.45, 7) is 4.77. The number of hydrogen-bond acceptors (Lipinski definition) is 0. The molecule has 5 rings (SSSR count).